The zero-order valence-electron chi connectivity index (χ0n) is 13.5. The highest BCUT2D eigenvalue weighted by atomic mass is 35.5. The van der Waals surface area contributed by atoms with Crippen molar-refractivity contribution in [1.82, 2.24) is 24.6 Å². The summed E-state index contributed by atoms with van der Waals surface area (Å²) in [5, 5.41) is 6.39. The quantitative estimate of drug-likeness (QED) is 0.775. The number of hydrogen-bond acceptors (Lipinski definition) is 5. The minimum atomic E-state index is 0.332. The number of anilines is 1. The van der Waals surface area contributed by atoms with Crippen LogP contribution in [0, 0.1) is 0 Å². The van der Waals surface area contributed by atoms with Gasteiger partial charge >= 0.3 is 0 Å². The SMILES string of the molecule is CN1CCC(n2nc(-c3ccc(Cl)cc3)c3c(N)ncnc32)CC1. The van der Waals surface area contributed by atoms with Gasteiger partial charge in [-0.25, -0.2) is 14.6 Å². The fourth-order valence-corrected chi connectivity index (χ4v) is 3.43. The summed E-state index contributed by atoms with van der Waals surface area (Å²) in [7, 11) is 2.15. The third kappa shape index (κ3) is 2.61. The Labute approximate surface area is 145 Å². The molecule has 1 aliphatic heterocycles. The first-order chi connectivity index (χ1) is 11.6. The van der Waals surface area contributed by atoms with Gasteiger partial charge in [0.25, 0.3) is 0 Å². The summed E-state index contributed by atoms with van der Waals surface area (Å²) in [5.41, 5.74) is 8.75. The largest absolute Gasteiger partial charge is 0.383 e. The second-order valence-electron chi connectivity index (χ2n) is 6.29. The van der Waals surface area contributed by atoms with Crippen molar-refractivity contribution in [2.75, 3.05) is 25.9 Å². The molecule has 7 heteroatoms. The molecule has 0 saturated carbocycles. The predicted molar refractivity (Wildman–Crippen MR) is 95.9 cm³/mol. The number of rotatable bonds is 2. The highest BCUT2D eigenvalue weighted by Gasteiger charge is 2.24. The van der Waals surface area contributed by atoms with E-state index < -0.39 is 0 Å². The van der Waals surface area contributed by atoms with E-state index in [9.17, 15) is 0 Å². The molecule has 3 heterocycles. The highest BCUT2D eigenvalue weighted by molar-refractivity contribution is 6.30. The van der Waals surface area contributed by atoms with Gasteiger partial charge < -0.3 is 10.6 Å². The molecule has 124 valence electrons. The van der Waals surface area contributed by atoms with Gasteiger partial charge in [0.05, 0.1) is 11.4 Å². The van der Waals surface area contributed by atoms with Gasteiger partial charge in [-0.3, -0.25) is 0 Å². The van der Waals surface area contributed by atoms with E-state index in [0.29, 0.717) is 16.9 Å². The first-order valence-corrected chi connectivity index (χ1v) is 8.44. The zero-order chi connectivity index (χ0) is 16.7. The summed E-state index contributed by atoms with van der Waals surface area (Å²) >= 11 is 6.01. The summed E-state index contributed by atoms with van der Waals surface area (Å²) < 4.78 is 2.03. The molecule has 2 aromatic heterocycles. The van der Waals surface area contributed by atoms with E-state index in [2.05, 4.69) is 21.9 Å². The lowest BCUT2D eigenvalue weighted by molar-refractivity contribution is 0.215. The van der Waals surface area contributed by atoms with Crippen LogP contribution in [0.3, 0.4) is 0 Å². The molecule has 0 atom stereocenters. The van der Waals surface area contributed by atoms with Crippen molar-refractivity contribution in [3.8, 4) is 11.3 Å². The molecule has 1 saturated heterocycles. The van der Waals surface area contributed by atoms with E-state index in [0.717, 1.165) is 48.2 Å². The zero-order valence-corrected chi connectivity index (χ0v) is 14.2. The number of fused-ring (bicyclic) bond motifs is 1. The molecule has 24 heavy (non-hydrogen) atoms. The second-order valence-corrected chi connectivity index (χ2v) is 6.73. The van der Waals surface area contributed by atoms with E-state index in [4.69, 9.17) is 22.4 Å². The van der Waals surface area contributed by atoms with Crippen LogP contribution >= 0.6 is 11.6 Å². The topological polar surface area (TPSA) is 72.9 Å². The molecule has 2 N–H and O–H groups in total. The Balaban J connectivity index is 1.87. The Hall–Kier alpha value is -2.18. The molecule has 0 radical (unpaired) electrons. The van der Waals surface area contributed by atoms with Crippen LogP contribution in [0.1, 0.15) is 18.9 Å². The van der Waals surface area contributed by atoms with Crippen molar-refractivity contribution in [3.05, 3.63) is 35.6 Å². The summed E-state index contributed by atoms with van der Waals surface area (Å²) in [6.45, 7) is 2.12. The molecule has 0 amide bonds. The molecule has 0 spiro atoms. The smallest absolute Gasteiger partial charge is 0.164 e. The molecule has 0 aliphatic carbocycles. The van der Waals surface area contributed by atoms with Crippen LogP contribution in [-0.4, -0.2) is 44.8 Å². The molecule has 0 bridgehead atoms. The Morgan fingerprint density at radius 2 is 1.83 bits per heavy atom. The standard InChI is InChI=1S/C17H19ClN6/c1-23-8-6-13(7-9-23)24-17-14(16(19)20-10-21-17)15(22-24)11-2-4-12(18)5-3-11/h2-5,10,13H,6-9H2,1H3,(H2,19,20,21). The molecule has 6 nitrogen and oxygen atoms in total. The number of likely N-dealkylation sites (tertiary alicyclic amines) is 1. The maximum Gasteiger partial charge on any atom is 0.164 e. The van der Waals surface area contributed by atoms with Gasteiger partial charge in [-0.2, -0.15) is 5.10 Å². The number of piperidine rings is 1. The number of nitrogens with zero attached hydrogens (tertiary/aromatic N) is 5. The Kier molecular flexibility index (Phi) is 3.86. The lowest BCUT2D eigenvalue weighted by Gasteiger charge is -2.29. The maximum atomic E-state index is 6.15. The van der Waals surface area contributed by atoms with Crippen LogP contribution in [0.25, 0.3) is 22.3 Å². The third-order valence-electron chi connectivity index (χ3n) is 4.67. The first-order valence-electron chi connectivity index (χ1n) is 8.06. The molecule has 0 unspecified atom stereocenters. The van der Waals surface area contributed by atoms with Crippen molar-refractivity contribution in [3.63, 3.8) is 0 Å². The van der Waals surface area contributed by atoms with Crippen LogP contribution < -0.4 is 5.73 Å². The number of nitrogens with two attached hydrogens (primary N) is 1. The first kappa shape index (κ1) is 15.4. The Morgan fingerprint density at radius 1 is 1.12 bits per heavy atom. The minimum absolute atomic E-state index is 0.332. The van der Waals surface area contributed by atoms with Gasteiger partial charge in [0.1, 0.15) is 17.8 Å². The molecule has 1 fully saturated rings. The van der Waals surface area contributed by atoms with Crippen LogP contribution in [0.15, 0.2) is 30.6 Å². The summed E-state index contributed by atoms with van der Waals surface area (Å²) in [4.78, 5) is 11.0. The molecule has 4 rings (SSSR count). The van der Waals surface area contributed by atoms with Gasteiger partial charge in [-0.1, -0.05) is 23.7 Å². The molecular weight excluding hydrogens is 324 g/mol. The number of aromatic nitrogens is 4. The monoisotopic (exact) mass is 342 g/mol. The van der Waals surface area contributed by atoms with E-state index in [1.54, 1.807) is 0 Å². The highest BCUT2D eigenvalue weighted by Crippen LogP contribution is 2.34. The van der Waals surface area contributed by atoms with Gasteiger partial charge in [0.15, 0.2) is 5.65 Å². The van der Waals surface area contributed by atoms with E-state index in [1.165, 1.54) is 6.33 Å². The normalized spacial score (nSPS) is 16.8. The van der Waals surface area contributed by atoms with Crippen LogP contribution in [0.5, 0.6) is 0 Å². The van der Waals surface area contributed by atoms with Crippen LogP contribution in [0.2, 0.25) is 5.02 Å². The number of hydrogen-bond donors (Lipinski definition) is 1. The van der Waals surface area contributed by atoms with Crippen LogP contribution in [-0.2, 0) is 0 Å². The number of halogens is 1. The average Bonchev–Trinajstić information content (AvgIpc) is 2.97. The van der Waals surface area contributed by atoms with Crippen molar-refractivity contribution in [2.45, 2.75) is 18.9 Å². The predicted octanol–water partition coefficient (Wildman–Crippen LogP) is 3.00. The summed E-state index contributed by atoms with van der Waals surface area (Å²) in [5.74, 6) is 0.462. The summed E-state index contributed by atoms with van der Waals surface area (Å²) in [6.07, 6.45) is 3.62. The van der Waals surface area contributed by atoms with Crippen molar-refractivity contribution in [2.24, 2.45) is 0 Å². The average molecular weight is 343 g/mol. The fourth-order valence-electron chi connectivity index (χ4n) is 3.30. The number of nitrogen functional groups attached to an aromatic ring is 1. The molecular formula is C17H19ClN6. The lowest BCUT2D eigenvalue weighted by Crippen LogP contribution is -2.31. The fraction of sp³-hybridized carbons (Fsp3) is 0.353. The minimum Gasteiger partial charge on any atom is -0.383 e. The third-order valence-corrected chi connectivity index (χ3v) is 4.92. The van der Waals surface area contributed by atoms with Crippen LogP contribution in [0.4, 0.5) is 5.82 Å². The number of benzene rings is 1. The Bertz CT molecular complexity index is 865. The van der Waals surface area contributed by atoms with Crippen molar-refractivity contribution in [1.29, 1.82) is 0 Å². The van der Waals surface area contributed by atoms with Gasteiger partial charge in [-0.05, 0) is 45.1 Å². The maximum absolute atomic E-state index is 6.15. The second kappa shape index (κ2) is 6.03. The van der Waals surface area contributed by atoms with E-state index in [-0.39, 0.29) is 0 Å². The van der Waals surface area contributed by atoms with Crippen molar-refractivity contribution < 1.29 is 0 Å². The van der Waals surface area contributed by atoms with E-state index in [1.807, 2.05) is 28.9 Å². The molecule has 1 aromatic carbocycles. The van der Waals surface area contributed by atoms with Gasteiger partial charge in [-0.15, -0.1) is 0 Å². The van der Waals surface area contributed by atoms with E-state index >= 15 is 0 Å². The van der Waals surface area contributed by atoms with Gasteiger partial charge in [0.2, 0.25) is 0 Å². The van der Waals surface area contributed by atoms with Gasteiger partial charge in [0, 0.05) is 10.6 Å². The molecule has 3 aromatic rings. The lowest BCUT2D eigenvalue weighted by atomic mass is 10.1. The Morgan fingerprint density at radius 3 is 2.54 bits per heavy atom. The molecule has 1 aliphatic rings. The summed E-state index contributed by atoms with van der Waals surface area (Å²) in [6, 6.07) is 7.96. The van der Waals surface area contributed by atoms with Crippen molar-refractivity contribution >= 4 is 28.5 Å².